The molecule has 6 nitrogen and oxygen atoms in total. The van der Waals surface area contributed by atoms with Crippen LogP contribution in [0.5, 0.6) is 0 Å². The van der Waals surface area contributed by atoms with Gasteiger partial charge in [-0.05, 0) is 38.8 Å². The highest BCUT2D eigenvalue weighted by atomic mass is 16.6. The number of carbonyl (C=O) groups excluding carboxylic acids is 2. The molecule has 1 unspecified atom stereocenters. The Labute approximate surface area is 172 Å². The minimum absolute atomic E-state index is 0.0507. The number of rotatable bonds is 5. The van der Waals surface area contributed by atoms with Crippen LogP contribution in [0.15, 0.2) is 61.5 Å². The van der Waals surface area contributed by atoms with Gasteiger partial charge in [-0.1, -0.05) is 36.4 Å². The van der Waals surface area contributed by atoms with Crippen LogP contribution in [0, 0.1) is 5.92 Å². The van der Waals surface area contributed by atoms with Crippen molar-refractivity contribution in [2.45, 2.75) is 50.8 Å². The second-order valence-corrected chi connectivity index (χ2v) is 8.57. The molecule has 1 saturated heterocycles. The Balaban J connectivity index is 1.84. The van der Waals surface area contributed by atoms with Gasteiger partial charge in [-0.15, -0.1) is 6.58 Å². The highest BCUT2D eigenvalue weighted by Gasteiger charge is 2.44. The molecule has 2 heterocycles. The summed E-state index contributed by atoms with van der Waals surface area (Å²) in [6, 6.07) is 3.36. The number of allylic oxidation sites excluding steroid dienone is 2. The molecule has 3 atom stereocenters. The van der Waals surface area contributed by atoms with Crippen molar-refractivity contribution in [1.29, 1.82) is 0 Å². The van der Waals surface area contributed by atoms with E-state index in [0.717, 1.165) is 5.56 Å². The fraction of sp³-hybridized carbons (Fsp3) is 0.435. The van der Waals surface area contributed by atoms with E-state index in [2.05, 4.69) is 16.9 Å². The van der Waals surface area contributed by atoms with Crippen molar-refractivity contribution in [1.82, 2.24) is 15.2 Å². The lowest BCUT2D eigenvalue weighted by molar-refractivity contribution is -0.130. The maximum Gasteiger partial charge on any atom is 0.408 e. The van der Waals surface area contributed by atoms with Crippen molar-refractivity contribution < 1.29 is 14.3 Å². The molecular weight excluding hydrogens is 366 g/mol. The third-order valence-corrected chi connectivity index (χ3v) is 5.27. The Hall–Kier alpha value is -2.89. The lowest BCUT2D eigenvalue weighted by Gasteiger charge is -2.38. The van der Waals surface area contributed by atoms with Crippen LogP contribution in [0.3, 0.4) is 0 Å². The van der Waals surface area contributed by atoms with Gasteiger partial charge in [0.2, 0.25) is 5.91 Å². The number of alkyl carbamates (subject to hydrolysis) is 1. The van der Waals surface area contributed by atoms with Gasteiger partial charge in [0.1, 0.15) is 5.60 Å². The summed E-state index contributed by atoms with van der Waals surface area (Å²) in [7, 11) is 0. The summed E-state index contributed by atoms with van der Waals surface area (Å²) < 4.78 is 5.45. The van der Waals surface area contributed by atoms with Crippen molar-refractivity contribution >= 4 is 12.0 Å². The summed E-state index contributed by atoms with van der Waals surface area (Å²) in [5.41, 5.74) is -0.274. The zero-order valence-corrected chi connectivity index (χ0v) is 17.3. The van der Waals surface area contributed by atoms with Crippen molar-refractivity contribution in [2.24, 2.45) is 5.92 Å². The predicted molar refractivity (Wildman–Crippen MR) is 112 cm³/mol. The number of carbonyl (C=O) groups is 2. The lowest BCUT2D eigenvalue weighted by Crippen LogP contribution is -2.47. The number of aromatic nitrogens is 1. The minimum atomic E-state index is -0.604. The fourth-order valence-electron chi connectivity index (χ4n) is 3.92. The minimum Gasteiger partial charge on any atom is -0.444 e. The Morgan fingerprint density at radius 3 is 2.83 bits per heavy atom. The average molecular weight is 396 g/mol. The monoisotopic (exact) mass is 395 g/mol. The van der Waals surface area contributed by atoms with Gasteiger partial charge in [0.05, 0.1) is 11.6 Å². The van der Waals surface area contributed by atoms with E-state index in [1.807, 2.05) is 68.2 Å². The van der Waals surface area contributed by atoms with E-state index in [0.29, 0.717) is 19.4 Å². The standard InChI is InChI=1S/C23H29N3O3/c1-5-23(11-7-6-8-12-23)26-16-18(14-19(26)27)20(17-10-9-13-24-15-17)25-21(28)29-22(2,3)4/h5-11,13,15,18,20H,1,12,14,16H2,2-4H3,(H,25,28)/t18-,20?,23-/m1/s1. The maximum absolute atomic E-state index is 13.0. The molecule has 0 saturated carbocycles. The van der Waals surface area contributed by atoms with Crippen LogP contribution in [0.1, 0.15) is 45.2 Å². The zero-order valence-electron chi connectivity index (χ0n) is 17.3. The Bertz CT molecular complexity index is 826. The number of nitrogens with zero attached hydrogens (tertiary/aromatic N) is 2. The molecule has 2 amide bonds. The zero-order chi connectivity index (χ0) is 21.1. The van der Waals surface area contributed by atoms with Crippen LogP contribution in [-0.4, -0.2) is 39.6 Å². The molecule has 0 radical (unpaired) electrons. The second-order valence-electron chi connectivity index (χ2n) is 8.57. The number of amides is 2. The number of hydrogen-bond acceptors (Lipinski definition) is 4. The normalized spacial score (nSPS) is 25.0. The van der Waals surface area contributed by atoms with Crippen molar-refractivity contribution in [2.75, 3.05) is 6.54 Å². The Morgan fingerprint density at radius 2 is 2.24 bits per heavy atom. The van der Waals surface area contributed by atoms with Gasteiger partial charge < -0.3 is 15.0 Å². The third-order valence-electron chi connectivity index (χ3n) is 5.27. The largest absolute Gasteiger partial charge is 0.444 e. The van der Waals surface area contributed by atoms with Gasteiger partial charge in [0.15, 0.2) is 0 Å². The summed E-state index contributed by atoms with van der Waals surface area (Å²) >= 11 is 0. The SMILES string of the molecule is C=C[C@@]1(N2C[C@H](C(NC(=O)OC(C)(C)C)c3cccnc3)CC2=O)C=CC=CC1. The van der Waals surface area contributed by atoms with Crippen molar-refractivity contribution in [3.8, 4) is 0 Å². The Kier molecular flexibility index (Phi) is 5.91. The van der Waals surface area contributed by atoms with Crippen LogP contribution >= 0.6 is 0 Å². The summed E-state index contributed by atoms with van der Waals surface area (Å²) in [5.74, 6) is -0.0509. The summed E-state index contributed by atoms with van der Waals surface area (Å²) in [4.78, 5) is 31.5. The fourth-order valence-corrected chi connectivity index (χ4v) is 3.92. The molecule has 1 aromatic heterocycles. The van der Waals surface area contributed by atoms with E-state index >= 15 is 0 Å². The van der Waals surface area contributed by atoms with Crippen molar-refractivity contribution in [3.05, 3.63) is 67.0 Å². The number of hydrogen-bond donors (Lipinski definition) is 1. The molecule has 1 fully saturated rings. The molecular formula is C23H29N3O3. The number of nitrogens with one attached hydrogen (secondary N) is 1. The third kappa shape index (κ3) is 4.75. The van der Waals surface area contributed by atoms with Gasteiger partial charge in [-0.25, -0.2) is 4.79 Å². The van der Waals surface area contributed by atoms with E-state index in [-0.39, 0.29) is 17.9 Å². The summed E-state index contributed by atoms with van der Waals surface area (Å²) in [6.07, 6.45) is 13.7. The van der Waals surface area contributed by atoms with Gasteiger partial charge in [-0.2, -0.15) is 0 Å². The number of ether oxygens (including phenoxy) is 1. The quantitative estimate of drug-likeness (QED) is 0.767. The first kappa shape index (κ1) is 20.8. The second kappa shape index (κ2) is 8.23. The maximum atomic E-state index is 13.0. The molecule has 6 heteroatoms. The first-order valence-corrected chi connectivity index (χ1v) is 9.92. The van der Waals surface area contributed by atoms with Crippen LogP contribution in [-0.2, 0) is 9.53 Å². The lowest BCUT2D eigenvalue weighted by atomic mass is 9.89. The molecule has 0 spiro atoms. The van der Waals surface area contributed by atoms with E-state index in [9.17, 15) is 9.59 Å². The molecule has 0 aromatic carbocycles. The van der Waals surface area contributed by atoms with Crippen LogP contribution in [0.4, 0.5) is 4.79 Å². The van der Waals surface area contributed by atoms with Gasteiger partial charge >= 0.3 is 6.09 Å². The average Bonchev–Trinajstić information content (AvgIpc) is 3.08. The van der Waals surface area contributed by atoms with Crippen molar-refractivity contribution in [3.63, 3.8) is 0 Å². The molecule has 1 N–H and O–H groups in total. The van der Waals surface area contributed by atoms with E-state index in [1.165, 1.54) is 0 Å². The number of likely N-dealkylation sites (tertiary alicyclic amines) is 1. The highest BCUT2D eigenvalue weighted by molar-refractivity contribution is 5.81. The highest BCUT2D eigenvalue weighted by Crippen LogP contribution is 2.37. The van der Waals surface area contributed by atoms with Gasteiger partial charge in [0.25, 0.3) is 0 Å². The van der Waals surface area contributed by atoms with Crippen LogP contribution < -0.4 is 5.32 Å². The molecule has 154 valence electrons. The first-order valence-electron chi connectivity index (χ1n) is 9.92. The smallest absolute Gasteiger partial charge is 0.408 e. The van der Waals surface area contributed by atoms with E-state index in [1.54, 1.807) is 12.4 Å². The topological polar surface area (TPSA) is 71.5 Å². The first-order chi connectivity index (χ1) is 13.7. The summed E-state index contributed by atoms with van der Waals surface area (Å²) in [5, 5.41) is 2.97. The molecule has 29 heavy (non-hydrogen) atoms. The van der Waals surface area contributed by atoms with E-state index in [4.69, 9.17) is 4.74 Å². The molecule has 2 aliphatic rings. The molecule has 3 rings (SSSR count). The van der Waals surface area contributed by atoms with Crippen LogP contribution in [0.2, 0.25) is 0 Å². The van der Waals surface area contributed by atoms with Gasteiger partial charge in [-0.3, -0.25) is 9.78 Å². The molecule has 1 aliphatic heterocycles. The van der Waals surface area contributed by atoms with Gasteiger partial charge in [0, 0.05) is 31.3 Å². The van der Waals surface area contributed by atoms with Crippen LogP contribution in [0.25, 0.3) is 0 Å². The molecule has 0 bridgehead atoms. The molecule has 1 aromatic rings. The summed E-state index contributed by atoms with van der Waals surface area (Å²) in [6.45, 7) is 9.95. The molecule has 1 aliphatic carbocycles. The van der Waals surface area contributed by atoms with E-state index < -0.39 is 17.2 Å². The number of pyridine rings is 1. The predicted octanol–water partition coefficient (Wildman–Crippen LogP) is 3.94. The Morgan fingerprint density at radius 1 is 1.45 bits per heavy atom.